The third kappa shape index (κ3) is 9.24. The Morgan fingerprint density at radius 3 is 2.04 bits per heavy atom. The second-order valence-electron chi connectivity index (χ2n) is 12.2. The minimum atomic E-state index is -4.18. The third-order valence-electron chi connectivity index (χ3n) is 8.31. The molecule has 0 aliphatic heterocycles. The van der Waals surface area contributed by atoms with Gasteiger partial charge in [-0.25, -0.2) is 8.42 Å². The first-order valence-electron chi connectivity index (χ1n) is 16.0. The van der Waals surface area contributed by atoms with Crippen LogP contribution in [0.4, 0.5) is 5.69 Å². The molecule has 0 aromatic heterocycles. The predicted molar refractivity (Wildman–Crippen MR) is 190 cm³/mol. The van der Waals surface area contributed by atoms with Crippen molar-refractivity contribution >= 4 is 39.1 Å². The van der Waals surface area contributed by atoms with Crippen LogP contribution in [0.3, 0.4) is 0 Å². The van der Waals surface area contributed by atoms with E-state index in [4.69, 9.17) is 11.6 Å². The molecule has 0 radical (unpaired) electrons. The van der Waals surface area contributed by atoms with Gasteiger partial charge in [-0.2, -0.15) is 0 Å². The highest BCUT2D eigenvalue weighted by Gasteiger charge is 2.35. The minimum absolute atomic E-state index is 0.00857. The number of carbonyl (C=O) groups excluding carboxylic acids is 2. The number of hydrogen-bond donors (Lipinski definition) is 1. The van der Waals surface area contributed by atoms with Crippen LogP contribution in [0.1, 0.15) is 62.3 Å². The van der Waals surface area contributed by atoms with Crippen molar-refractivity contribution in [3.05, 3.63) is 130 Å². The van der Waals surface area contributed by atoms with Crippen molar-refractivity contribution in [2.24, 2.45) is 0 Å². The maximum absolute atomic E-state index is 14.6. The van der Waals surface area contributed by atoms with E-state index in [1.807, 2.05) is 69.3 Å². The summed E-state index contributed by atoms with van der Waals surface area (Å²) in [6.45, 7) is 9.37. The van der Waals surface area contributed by atoms with E-state index in [1.165, 1.54) is 4.90 Å². The average molecular weight is 674 g/mol. The van der Waals surface area contributed by atoms with E-state index in [1.54, 1.807) is 54.6 Å². The van der Waals surface area contributed by atoms with E-state index in [0.29, 0.717) is 22.7 Å². The topological polar surface area (TPSA) is 86.8 Å². The Labute approximate surface area is 284 Å². The lowest BCUT2D eigenvalue weighted by atomic mass is 10.0. The molecule has 9 heteroatoms. The van der Waals surface area contributed by atoms with E-state index >= 15 is 0 Å². The van der Waals surface area contributed by atoms with E-state index in [0.717, 1.165) is 21.0 Å². The Morgan fingerprint density at radius 2 is 1.45 bits per heavy atom. The fourth-order valence-electron chi connectivity index (χ4n) is 5.20. The molecule has 7 nitrogen and oxygen atoms in total. The molecule has 0 unspecified atom stereocenters. The summed E-state index contributed by atoms with van der Waals surface area (Å²) in [5, 5.41) is 3.50. The number of amides is 2. The van der Waals surface area contributed by atoms with E-state index in [9.17, 15) is 18.0 Å². The molecule has 0 fully saturated rings. The van der Waals surface area contributed by atoms with Crippen molar-refractivity contribution in [1.29, 1.82) is 0 Å². The van der Waals surface area contributed by atoms with Gasteiger partial charge < -0.3 is 10.2 Å². The number of hydrogen-bond acceptors (Lipinski definition) is 4. The molecule has 2 amide bonds. The second kappa shape index (κ2) is 16.1. The molecular formula is C38H44ClN3O4S. The first kappa shape index (κ1) is 35.7. The minimum Gasteiger partial charge on any atom is -0.352 e. The van der Waals surface area contributed by atoms with Crippen LogP contribution in [0.5, 0.6) is 0 Å². The van der Waals surface area contributed by atoms with Crippen LogP contribution in [0.2, 0.25) is 5.02 Å². The van der Waals surface area contributed by atoms with Crippen LogP contribution in [0, 0.1) is 6.92 Å². The lowest BCUT2D eigenvalue weighted by Gasteiger charge is -2.34. The maximum Gasteiger partial charge on any atom is 0.264 e. The standard InChI is InChI=1S/C38H44ClN3O4S/c1-6-29(5)40-38(44)36(24-30-12-8-7-9-13-30)41(25-32-14-10-11-15-35(32)39)37(43)26-42(33-20-18-31(19-21-33)27(2)3)47(45,46)34-22-16-28(4)17-23-34/h7-23,27,29,36H,6,24-26H2,1-5H3,(H,40,44)/t29-,36+/m0/s1. The van der Waals surface area contributed by atoms with Crippen molar-refractivity contribution in [2.75, 3.05) is 10.8 Å². The lowest BCUT2D eigenvalue weighted by Crippen LogP contribution is -2.54. The van der Waals surface area contributed by atoms with Gasteiger partial charge in [0.1, 0.15) is 12.6 Å². The summed E-state index contributed by atoms with van der Waals surface area (Å²) in [5.41, 5.74) is 3.81. The molecule has 248 valence electrons. The average Bonchev–Trinajstić information content (AvgIpc) is 3.06. The zero-order valence-electron chi connectivity index (χ0n) is 27.7. The number of rotatable bonds is 14. The van der Waals surface area contributed by atoms with Crippen LogP contribution in [0.25, 0.3) is 0 Å². The van der Waals surface area contributed by atoms with Gasteiger partial charge in [0.15, 0.2) is 0 Å². The summed E-state index contributed by atoms with van der Waals surface area (Å²) in [7, 11) is -4.18. The van der Waals surface area contributed by atoms with E-state index in [-0.39, 0.29) is 35.7 Å². The number of nitrogens with one attached hydrogen (secondary N) is 1. The normalized spacial score (nSPS) is 12.7. The number of sulfonamides is 1. The van der Waals surface area contributed by atoms with Gasteiger partial charge in [-0.1, -0.05) is 111 Å². The molecule has 4 aromatic carbocycles. The van der Waals surface area contributed by atoms with Gasteiger partial charge >= 0.3 is 0 Å². The first-order valence-corrected chi connectivity index (χ1v) is 17.8. The maximum atomic E-state index is 14.6. The molecule has 1 N–H and O–H groups in total. The molecule has 0 heterocycles. The zero-order chi connectivity index (χ0) is 34.1. The summed E-state index contributed by atoms with van der Waals surface area (Å²) < 4.78 is 29.7. The van der Waals surface area contributed by atoms with Gasteiger partial charge in [-0.15, -0.1) is 0 Å². The fourth-order valence-corrected chi connectivity index (χ4v) is 6.81. The van der Waals surface area contributed by atoms with Crippen LogP contribution in [0.15, 0.2) is 108 Å². The van der Waals surface area contributed by atoms with Gasteiger partial charge in [0.2, 0.25) is 11.8 Å². The molecule has 0 bridgehead atoms. The highest BCUT2D eigenvalue weighted by molar-refractivity contribution is 7.92. The molecule has 0 saturated heterocycles. The van der Waals surface area contributed by atoms with E-state index < -0.39 is 28.5 Å². The van der Waals surface area contributed by atoms with Gasteiger partial charge in [0, 0.05) is 24.0 Å². The molecule has 0 aliphatic rings. The van der Waals surface area contributed by atoms with Crippen LogP contribution >= 0.6 is 11.6 Å². The quantitative estimate of drug-likeness (QED) is 0.150. The lowest BCUT2D eigenvalue weighted by molar-refractivity contribution is -0.140. The SMILES string of the molecule is CC[C@H](C)NC(=O)[C@@H](Cc1ccccc1)N(Cc1ccccc1Cl)C(=O)CN(c1ccc(C(C)C)cc1)S(=O)(=O)c1ccc(C)cc1. The summed E-state index contributed by atoms with van der Waals surface area (Å²) in [4.78, 5) is 30.1. The summed E-state index contributed by atoms with van der Waals surface area (Å²) in [6.07, 6.45) is 0.935. The molecule has 0 spiro atoms. The van der Waals surface area contributed by atoms with Crippen molar-refractivity contribution in [3.8, 4) is 0 Å². The highest BCUT2D eigenvalue weighted by atomic mass is 35.5. The Kier molecular flexibility index (Phi) is 12.2. The molecule has 4 rings (SSSR count). The van der Waals surface area contributed by atoms with Crippen LogP contribution < -0.4 is 9.62 Å². The predicted octanol–water partition coefficient (Wildman–Crippen LogP) is 7.52. The number of benzene rings is 4. The number of halogens is 1. The van der Waals surface area contributed by atoms with Gasteiger partial charge in [0.25, 0.3) is 10.0 Å². The number of nitrogens with zero attached hydrogens (tertiary/aromatic N) is 2. The number of anilines is 1. The fraction of sp³-hybridized carbons (Fsp3) is 0.316. The van der Waals surface area contributed by atoms with E-state index in [2.05, 4.69) is 19.2 Å². The van der Waals surface area contributed by atoms with Gasteiger partial charge in [0.05, 0.1) is 10.6 Å². The van der Waals surface area contributed by atoms with Gasteiger partial charge in [-0.05, 0) is 73.2 Å². The molecule has 4 aromatic rings. The molecule has 0 saturated carbocycles. The Bertz CT molecular complexity index is 1740. The van der Waals surface area contributed by atoms with Gasteiger partial charge in [-0.3, -0.25) is 13.9 Å². The molecular weight excluding hydrogens is 630 g/mol. The Morgan fingerprint density at radius 1 is 0.830 bits per heavy atom. The number of carbonyl (C=O) groups is 2. The second-order valence-corrected chi connectivity index (χ2v) is 14.5. The molecule has 2 atom stereocenters. The first-order chi connectivity index (χ1) is 22.4. The summed E-state index contributed by atoms with van der Waals surface area (Å²) >= 11 is 6.59. The monoisotopic (exact) mass is 673 g/mol. The number of aryl methyl sites for hydroxylation is 1. The van der Waals surface area contributed by atoms with Crippen molar-refractivity contribution in [3.63, 3.8) is 0 Å². The van der Waals surface area contributed by atoms with Crippen molar-refractivity contribution in [2.45, 2.75) is 76.9 Å². The Balaban J connectivity index is 1.82. The molecule has 47 heavy (non-hydrogen) atoms. The smallest absolute Gasteiger partial charge is 0.264 e. The summed E-state index contributed by atoms with van der Waals surface area (Å²) in [5.74, 6) is -0.617. The van der Waals surface area contributed by atoms with Crippen molar-refractivity contribution in [1.82, 2.24) is 10.2 Å². The Hall–Kier alpha value is -4.14. The van der Waals surface area contributed by atoms with Crippen LogP contribution in [-0.4, -0.2) is 43.8 Å². The van der Waals surface area contributed by atoms with Crippen molar-refractivity contribution < 1.29 is 18.0 Å². The highest BCUT2D eigenvalue weighted by Crippen LogP contribution is 2.28. The summed E-state index contributed by atoms with van der Waals surface area (Å²) in [6, 6.07) is 29.3. The van der Waals surface area contributed by atoms with Crippen LogP contribution in [-0.2, 0) is 32.6 Å². The third-order valence-corrected chi connectivity index (χ3v) is 10.5. The molecule has 0 aliphatic carbocycles. The zero-order valence-corrected chi connectivity index (χ0v) is 29.3. The largest absolute Gasteiger partial charge is 0.352 e.